The predicted molar refractivity (Wildman–Crippen MR) is 157 cm³/mol. The molecule has 1 aliphatic rings. The summed E-state index contributed by atoms with van der Waals surface area (Å²) in [6.45, 7) is 7.04. The van der Waals surface area contributed by atoms with Crippen molar-refractivity contribution < 1.29 is 52.0 Å². The Hall–Kier alpha value is -4.75. The lowest BCUT2D eigenvalue weighted by atomic mass is 9.77. The summed E-state index contributed by atoms with van der Waals surface area (Å²) < 4.78 is 44.5. The maximum absolute atomic E-state index is 13.9. The fourth-order valence-electron chi connectivity index (χ4n) is 5.97. The molecule has 0 spiro atoms. The maximum atomic E-state index is 13.9. The number of carbonyl (C=O) groups is 4. The molecule has 2 amide bonds. The van der Waals surface area contributed by atoms with Gasteiger partial charge in [-0.2, -0.15) is 13.2 Å². The number of halogens is 3. The molecule has 4 N–H and O–H groups in total. The second-order valence-electron chi connectivity index (χ2n) is 11.5. The Bertz CT molecular complexity index is 1590. The summed E-state index contributed by atoms with van der Waals surface area (Å²) in [4.78, 5) is 50.3. The Morgan fingerprint density at radius 1 is 1.02 bits per heavy atom. The number of nitrogens with two attached hydrogens (primary N) is 1. The van der Waals surface area contributed by atoms with Crippen LogP contribution in [-0.4, -0.2) is 68.0 Å². The number of carboxylic acids is 2. The number of alkyl halides is 3. The number of methoxy groups -OCH3 is 1. The molecule has 4 rings (SSSR count). The van der Waals surface area contributed by atoms with Crippen molar-refractivity contribution in [3.05, 3.63) is 65.4 Å². The zero-order chi connectivity index (χ0) is 34.1. The highest BCUT2D eigenvalue weighted by Gasteiger charge is 2.61. The Balaban J connectivity index is 0.000000707. The predicted octanol–water partition coefficient (Wildman–Crippen LogP) is 5.62. The number of fused-ring (bicyclic) bond motifs is 1. The van der Waals surface area contributed by atoms with Gasteiger partial charge in [0.25, 0.3) is 0 Å². The standard InChI is InChI=1S/C29H35N3O6.C2HF3O2/c1-7-29(26(30)35)20(17-12-14-18(37-6)15-13-17)16-22(32(29)27(36)38-28(2,3)4)23-19-10-8-9-11-21(19)31(5)24(23)25(33)34;3-2(4,5)1(6)7/h8-15,20,22H,7,16H2,1-6H3,(H2,30,35)(H,33,34);(H,6,7)/t20-,22?,29-;/m0./s1. The topological polar surface area (TPSA) is 161 Å². The SMILES string of the molecule is CC[C@@]1(C(N)=O)[C@H](c2ccc(OC)cc2)CC(c2c(C(=O)O)n(C)c3ccccc23)N1C(=O)OC(C)(C)C.O=C(O)C(F)(F)F. The van der Waals surface area contributed by atoms with Crippen molar-refractivity contribution in [2.24, 2.45) is 12.8 Å². The van der Waals surface area contributed by atoms with Gasteiger partial charge in [-0.25, -0.2) is 14.4 Å². The minimum absolute atomic E-state index is 0.0506. The molecule has 45 heavy (non-hydrogen) atoms. The smallest absolute Gasteiger partial charge is 0.490 e. The highest BCUT2D eigenvalue weighted by atomic mass is 19.4. The van der Waals surface area contributed by atoms with Gasteiger partial charge in [0.2, 0.25) is 5.91 Å². The highest BCUT2D eigenvalue weighted by molar-refractivity contribution is 6.00. The number of aryl methyl sites for hydroxylation is 1. The van der Waals surface area contributed by atoms with Crippen LogP contribution < -0.4 is 10.5 Å². The first-order chi connectivity index (χ1) is 20.8. The van der Waals surface area contributed by atoms with Gasteiger partial charge in [-0.05, 0) is 57.4 Å². The zero-order valence-electron chi connectivity index (χ0n) is 25.6. The van der Waals surface area contributed by atoms with E-state index in [4.69, 9.17) is 25.1 Å². The number of likely N-dealkylation sites (tertiary alicyclic amines) is 1. The third-order valence-electron chi connectivity index (χ3n) is 7.78. The van der Waals surface area contributed by atoms with Crippen molar-refractivity contribution in [3.63, 3.8) is 0 Å². The van der Waals surface area contributed by atoms with Crippen LogP contribution in [0.2, 0.25) is 0 Å². The number of carbonyl (C=O) groups excluding carboxylic acids is 2. The van der Waals surface area contributed by atoms with E-state index in [9.17, 15) is 32.7 Å². The van der Waals surface area contributed by atoms with Crippen molar-refractivity contribution in [1.29, 1.82) is 0 Å². The summed E-state index contributed by atoms with van der Waals surface area (Å²) in [6.07, 6.45) is -5.32. The second kappa shape index (κ2) is 12.7. The van der Waals surface area contributed by atoms with E-state index in [2.05, 4.69) is 0 Å². The lowest BCUT2D eigenvalue weighted by Gasteiger charge is -2.41. The van der Waals surface area contributed by atoms with Crippen LogP contribution in [0.4, 0.5) is 18.0 Å². The van der Waals surface area contributed by atoms with E-state index in [-0.39, 0.29) is 18.5 Å². The lowest BCUT2D eigenvalue weighted by molar-refractivity contribution is -0.192. The van der Waals surface area contributed by atoms with Crippen LogP contribution in [0.1, 0.15) is 74.1 Å². The quantitative estimate of drug-likeness (QED) is 0.315. The number of ether oxygens (including phenoxy) is 2. The van der Waals surface area contributed by atoms with Crippen molar-refractivity contribution in [3.8, 4) is 5.75 Å². The Kier molecular flexibility index (Phi) is 9.80. The van der Waals surface area contributed by atoms with Crippen molar-refractivity contribution in [2.45, 2.75) is 69.8 Å². The van der Waals surface area contributed by atoms with Crippen molar-refractivity contribution in [2.75, 3.05) is 7.11 Å². The molecule has 1 unspecified atom stereocenters. The van der Waals surface area contributed by atoms with Gasteiger partial charge in [0.1, 0.15) is 22.6 Å². The summed E-state index contributed by atoms with van der Waals surface area (Å²) in [5, 5.41) is 18.1. The van der Waals surface area contributed by atoms with Crippen LogP contribution >= 0.6 is 0 Å². The van der Waals surface area contributed by atoms with Crippen LogP contribution in [0.25, 0.3) is 10.9 Å². The third-order valence-corrected chi connectivity index (χ3v) is 7.78. The van der Waals surface area contributed by atoms with Crippen LogP contribution in [-0.2, 0) is 21.4 Å². The van der Waals surface area contributed by atoms with Crippen LogP contribution in [0.15, 0.2) is 48.5 Å². The fraction of sp³-hybridized carbons (Fsp3) is 0.419. The molecule has 0 saturated carbocycles. The normalized spacial score (nSPS) is 19.9. The molecule has 1 saturated heterocycles. The number of aromatic carboxylic acids is 1. The molecule has 2 heterocycles. The van der Waals surface area contributed by atoms with Gasteiger partial charge in [-0.3, -0.25) is 9.69 Å². The highest BCUT2D eigenvalue weighted by Crippen LogP contribution is 2.55. The number of carboxylic acid groups (broad SMARTS) is 2. The number of hydrogen-bond acceptors (Lipinski definition) is 6. The van der Waals surface area contributed by atoms with Crippen LogP contribution in [0, 0.1) is 0 Å². The number of aromatic nitrogens is 1. The molecule has 1 aliphatic heterocycles. The van der Waals surface area contributed by atoms with Gasteiger partial charge < -0.3 is 30.0 Å². The molecular weight excluding hydrogens is 599 g/mol. The molecular formula is C31H36F3N3O8. The summed E-state index contributed by atoms with van der Waals surface area (Å²) in [6, 6.07) is 13.8. The fourth-order valence-corrected chi connectivity index (χ4v) is 5.97. The van der Waals surface area contributed by atoms with E-state index in [1.165, 1.54) is 4.90 Å². The molecule has 0 bridgehead atoms. The molecule has 1 aromatic heterocycles. The number of para-hydroxylation sites is 1. The van der Waals surface area contributed by atoms with Gasteiger partial charge in [0.15, 0.2) is 0 Å². The van der Waals surface area contributed by atoms with E-state index in [0.29, 0.717) is 22.2 Å². The Labute approximate surface area is 257 Å². The number of amides is 2. The zero-order valence-corrected chi connectivity index (χ0v) is 25.6. The van der Waals surface area contributed by atoms with Gasteiger partial charge in [0.05, 0.1) is 13.2 Å². The molecule has 3 aromatic rings. The monoisotopic (exact) mass is 635 g/mol. The van der Waals surface area contributed by atoms with E-state index >= 15 is 0 Å². The Morgan fingerprint density at radius 3 is 2.02 bits per heavy atom. The van der Waals surface area contributed by atoms with Crippen molar-refractivity contribution >= 4 is 34.8 Å². The number of hydrogen-bond donors (Lipinski definition) is 3. The first-order valence-electron chi connectivity index (χ1n) is 13.9. The second-order valence-corrected chi connectivity index (χ2v) is 11.5. The third kappa shape index (κ3) is 6.69. The number of primary amides is 1. The molecule has 244 valence electrons. The molecule has 3 atom stereocenters. The van der Waals surface area contributed by atoms with Crippen molar-refractivity contribution in [1.82, 2.24) is 9.47 Å². The number of aliphatic carboxylic acids is 1. The molecule has 14 heteroatoms. The first-order valence-corrected chi connectivity index (χ1v) is 13.9. The lowest BCUT2D eigenvalue weighted by Crippen LogP contribution is -2.59. The Morgan fingerprint density at radius 2 is 1.58 bits per heavy atom. The van der Waals surface area contributed by atoms with Gasteiger partial charge in [-0.15, -0.1) is 0 Å². The largest absolute Gasteiger partial charge is 0.497 e. The first kappa shape index (κ1) is 34.7. The van der Waals surface area contributed by atoms with Crippen LogP contribution in [0.5, 0.6) is 5.75 Å². The molecule has 11 nitrogen and oxygen atoms in total. The molecule has 0 aliphatic carbocycles. The average Bonchev–Trinajstić information content (AvgIpc) is 3.45. The van der Waals surface area contributed by atoms with Gasteiger partial charge >= 0.3 is 24.2 Å². The minimum atomic E-state index is -5.08. The molecule has 0 radical (unpaired) electrons. The van der Waals surface area contributed by atoms with E-state index in [1.807, 2.05) is 43.3 Å². The number of nitrogens with zero attached hydrogens (tertiary/aromatic N) is 2. The molecule has 1 fully saturated rings. The average molecular weight is 636 g/mol. The minimum Gasteiger partial charge on any atom is -0.497 e. The number of benzene rings is 2. The van der Waals surface area contributed by atoms with E-state index < -0.39 is 53.2 Å². The van der Waals surface area contributed by atoms with Gasteiger partial charge in [0, 0.05) is 29.4 Å². The van der Waals surface area contributed by atoms with E-state index in [0.717, 1.165) is 5.56 Å². The summed E-state index contributed by atoms with van der Waals surface area (Å²) >= 11 is 0. The maximum Gasteiger partial charge on any atom is 0.490 e. The molecule has 2 aromatic carbocycles. The number of rotatable bonds is 6. The summed E-state index contributed by atoms with van der Waals surface area (Å²) in [7, 11) is 3.25. The summed E-state index contributed by atoms with van der Waals surface area (Å²) in [5.41, 5.74) is 5.82. The van der Waals surface area contributed by atoms with Crippen LogP contribution in [0.3, 0.4) is 0 Å². The van der Waals surface area contributed by atoms with Gasteiger partial charge in [-0.1, -0.05) is 37.3 Å². The summed E-state index contributed by atoms with van der Waals surface area (Å²) in [5.74, 6) is -4.43. The van der Waals surface area contributed by atoms with E-state index in [1.54, 1.807) is 51.6 Å².